The zero-order valence-electron chi connectivity index (χ0n) is 34.8. The maximum absolute atomic E-state index is 12.8. The molecule has 2 fully saturated rings. The number of nitrogens with one attached hydrogen (secondary N) is 2. The lowest BCUT2D eigenvalue weighted by Gasteiger charge is -2.30. The van der Waals surface area contributed by atoms with Gasteiger partial charge in [0.05, 0.1) is 0 Å². The number of nitriles is 1. The third-order valence-electron chi connectivity index (χ3n) is 12.5. The molecule has 6 aliphatic rings. The van der Waals surface area contributed by atoms with Crippen LogP contribution in [0.25, 0.3) is 0 Å². The summed E-state index contributed by atoms with van der Waals surface area (Å²) in [5.41, 5.74) is 11.4. The number of primary sulfonamides is 1. The zero-order valence-corrected chi connectivity index (χ0v) is 36.5. The lowest BCUT2D eigenvalue weighted by molar-refractivity contribution is 0.0633. The third-order valence-corrected chi connectivity index (χ3v) is 14.5. The number of carbonyl (C=O) groups excluding carboxylic acids is 3. The second-order valence-electron chi connectivity index (χ2n) is 16.5. The van der Waals surface area contributed by atoms with E-state index in [4.69, 9.17) is 15.1 Å². The Bertz CT molecular complexity index is 2680. The van der Waals surface area contributed by atoms with Crippen molar-refractivity contribution in [2.45, 2.75) is 99.9 Å². The number of aromatic nitrogens is 4. The summed E-state index contributed by atoms with van der Waals surface area (Å²) < 4.78 is 57.4. The van der Waals surface area contributed by atoms with Gasteiger partial charge in [-0.2, -0.15) is 18.6 Å². The van der Waals surface area contributed by atoms with E-state index < -0.39 is 26.1 Å². The van der Waals surface area contributed by atoms with E-state index >= 15 is 0 Å². The number of sulfonamides is 2. The number of aryl methyl sites for hydroxylation is 6. The van der Waals surface area contributed by atoms with Crippen LogP contribution in [0.4, 0.5) is 10.5 Å². The summed E-state index contributed by atoms with van der Waals surface area (Å²) >= 11 is 0. The Morgan fingerprint density at radius 2 is 1.06 bits per heavy atom. The Labute approximate surface area is 360 Å². The van der Waals surface area contributed by atoms with Gasteiger partial charge < -0.3 is 19.9 Å². The molecule has 62 heavy (non-hydrogen) atoms. The van der Waals surface area contributed by atoms with Crippen molar-refractivity contribution in [3.05, 3.63) is 80.2 Å². The molecule has 0 atom stereocenters. The van der Waals surface area contributed by atoms with Gasteiger partial charge >= 0.3 is 6.03 Å². The molecule has 20 heteroatoms. The van der Waals surface area contributed by atoms with Crippen LogP contribution >= 0.6 is 0 Å². The standard InChI is InChI=1S/C21H25N5O4S.C13H13NO.C8H12N4O3S/c1-25-17(20(27)26-9-4-10-26)12-18(23-25)31(29,30)24-21(28)22-19-15-7-2-5-13(15)11-14-6-3-8-16(14)19;14-8-15-13-11-5-1-3-9(11)7-10-4-2-6-12(10)13;1-11-6(8(13)12-3-2-4-12)5-7(10-11)16(9,14)15/h11-12H,2-10H2,1H3,(H2,22,24,28);7H,1-6H2;5H,2-4H2,1H3,(H2,9,14,15). The summed E-state index contributed by atoms with van der Waals surface area (Å²) in [6.45, 7) is 2.71. The molecular weight excluding hydrogens is 837 g/mol. The molecule has 4 heterocycles. The van der Waals surface area contributed by atoms with Gasteiger partial charge in [-0.1, -0.05) is 12.1 Å². The minimum atomic E-state index is -4.22. The maximum Gasteiger partial charge on any atom is 0.333 e. The molecular formula is C42H50N10O8S2. The lowest BCUT2D eigenvalue weighted by atomic mass is 9.99. The number of carbonyl (C=O) groups is 3. The van der Waals surface area contributed by atoms with Crippen LogP contribution in [-0.2, 0) is 85.5 Å². The van der Waals surface area contributed by atoms with Crippen LogP contribution in [0.1, 0.15) is 104 Å². The molecule has 0 bridgehead atoms. The summed E-state index contributed by atoms with van der Waals surface area (Å²) in [5, 5.41) is 23.5. The number of fused-ring (bicyclic) bond motifs is 4. The number of benzene rings is 2. The molecule has 2 aromatic carbocycles. The number of urea groups is 1. The first-order chi connectivity index (χ1) is 29.6. The summed E-state index contributed by atoms with van der Waals surface area (Å²) in [6, 6.07) is 6.20. The van der Waals surface area contributed by atoms with E-state index in [1.54, 1.807) is 9.80 Å². The molecule has 0 saturated carbocycles. The highest BCUT2D eigenvalue weighted by molar-refractivity contribution is 7.90. The van der Waals surface area contributed by atoms with Crippen LogP contribution in [0, 0.1) is 11.5 Å². The molecule has 0 radical (unpaired) electrons. The second kappa shape index (κ2) is 17.2. The fraction of sp³-hybridized carbons (Fsp3) is 0.476. The molecule has 328 valence electrons. The Morgan fingerprint density at radius 1 is 0.645 bits per heavy atom. The first kappa shape index (κ1) is 42.9. The predicted octanol–water partition coefficient (Wildman–Crippen LogP) is 3.19. The van der Waals surface area contributed by atoms with Crippen molar-refractivity contribution < 1.29 is 36.0 Å². The van der Waals surface area contributed by atoms with Crippen LogP contribution in [0.2, 0.25) is 0 Å². The quantitative estimate of drug-likeness (QED) is 0.228. The highest BCUT2D eigenvalue weighted by Gasteiger charge is 2.31. The van der Waals surface area contributed by atoms with Crippen LogP contribution in [0.15, 0.2) is 34.3 Å². The molecule has 0 unspecified atom stereocenters. The van der Waals surface area contributed by atoms with E-state index in [2.05, 4.69) is 32.4 Å². The number of hydrogen-bond donors (Lipinski definition) is 3. The fourth-order valence-corrected chi connectivity index (χ4v) is 10.5. The molecule has 2 saturated heterocycles. The first-order valence-corrected chi connectivity index (χ1v) is 24.1. The highest BCUT2D eigenvalue weighted by atomic mass is 32.2. The van der Waals surface area contributed by atoms with Gasteiger partial charge in [-0.3, -0.25) is 19.0 Å². The van der Waals surface area contributed by atoms with Gasteiger partial charge in [0, 0.05) is 58.1 Å². The average molecular weight is 887 g/mol. The normalized spacial score (nSPS) is 16.8. The average Bonchev–Trinajstić information content (AvgIpc) is 4.02. The van der Waals surface area contributed by atoms with Crippen molar-refractivity contribution in [3.63, 3.8) is 0 Å². The Morgan fingerprint density at radius 3 is 1.47 bits per heavy atom. The summed E-state index contributed by atoms with van der Waals surface area (Å²) in [7, 11) is -5.05. The van der Waals surface area contributed by atoms with Crippen molar-refractivity contribution in [1.29, 1.82) is 5.26 Å². The van der Waals surface area contributed by atoms with E-state index in [1.807, 2.05) is 6.26 Å². The van der Waals surface area contributed by atoms with E-state index in [0.29, 0.717) is 26.2 Å². The molecule has 18 nitrogen and oxygen atoms in total. The number of anilines is 1. The van der Waals surface area contributed by atoms with Crippen molar-refractivity contribution in [2.24, 2.45) is 19.2 Å². The monoisotopic (exact) mass is 886 g/mol. The minimum absolute atomic E-state index is 0.180. The molecule has 2 aliphatic heterocycles. The predicted molar refractivity (Wildman–Crippen MR) is 225 cm³/mol. The topological polar surface area (TPSA) is 245 Å². The number of rotatable bonds is 7. The summed E-state index contributed by atoms with van der Waals surface area (Å²) in [5.74, 6) is 0.429. The molecule has 4 amide bonds. The lowest BCUT2D eigenvalue weighted by Crippen LogP contribution is -2.42. The fourth-order valence-electron chi connectivity index (χ4n) is 9.13. The van der Waals surface area contributed by atoms with Gasteiger partial charge in [0.15, 0.2) is 10.1 Å². The maximum atomic E-state index is 12.8. The van der Waals surface area contributed by atoms with Gasteiger partial charge in [-0.15, -0.1) is 5.26 Å². The van der Waals surface area contributed by atoms with Gasteiger partial charge in [-0.25, -0.2) is 23.1 Å². The molecule has 2 aromatic heterocycles. The Balaban J connectivity index is 0.000000143. The molecule has 4 aliphatic carbocycles. The Kier molecular flexibility index (Phi) is 11.9. The molecule has 0 spiro atoms. The van der Waals surface area contributed by atoms with Crippen LogP contribution in [0.3, 0.4) is 0 Å². The van der Waals surface area contributed by atoms with Crippen molar-refractivity contribution >= 4 is 43.6 Å². The minimum Gasteiger partial charge on any atom is -0.387 e. The van der Waals surface area contributed by atoms with Crippen LogP contribution < -0.4 is 19.9 Å². The first-order valence-electron chi connectivity index (χ1n) is 21.0. The number of likely N-dealkylation sites (tertiary alicyclic amines) is 2. The number of ether oxygens (including phenoxy) is 1. The number of nitrogens with zero attached hydrogens (tertiary/aromatic N) is 7. The van der Waals surface area contributed by atoms with Crippen LogP contribution in [0.5, 0.6) is 5.75 Å². The zero-order chi connectivity index (χ0) is 43.9. The van der Waals surface area contributed by atoms with E-state index in [0.717, 1.165) is 99.6 Å². The Hall–Kier alpha value is -5.78. The summed E-state index contributed by atoms with van der Waals surface area (Å²) in [6.07, 6.45) is 16.5. The van der Waals surface area contributed by atoms with Gasteiger partial charge in [-0.05, 0) is 134 Å². The van der Waals surface area contributed by atoms with Crippen LogP contribution in [-0.4, -0.2) is 90.2 Å². The SMILES string of the molecule is Cn1nc(S(=O)(=O)NC(=O)Nc2c3c(cc4c2CCC4)CCC3)cc1C(=O)N1CCC1.Cn1nc(S(N)(=O)=O)cc1C(=O)N1CCC1.N#COc1c2c(cc3c1CCC3)CCC2. The van der Waals surface area contributed by atoms with Gasteiger partial charge in [0.1, 0.15) is 17.1 Å². The molecule has 4 aromatic rings. The van der Waals surface area contributed by atoms with E-state index in [-0.39, 0.29) is 33.3 Å². The molecule has 10 rings (SSSR count). The van der Waals surface area contributed by atoms with E-state index in [9.17, 15) is 31.2 Å². The highest BCUT2D eigenvalue weighted by Crippen LogP contribution is 2.41. The largest absolute Gasteiger partial charge is 0.387 e. The molecule has 4 N–H and O–H groups in total. The number of hydrogen-bond acceptors (Lipinski definition) is 11. The third kappa shape index (κ3) is 8.52. The van der Waals surface area contributed by atoms with Crippen molar-refractivity contribution in [1.82, 2.24) is 34.1 Å². The van der Waals surface area contributed by atoms with Gasteiger partial charge in [0.25, 0.3) is 38.1 Å². The van der Waals surface area contributed by atoms with Gasteiger partial charge in [0.2, 0.25) is 0 Å². The van der Waals surface area contributed by atoms with E-state index in [1.165, 1.54) is 81.8 Å². The van der Waals surface area contributed by atoms with Crippen molar-refractivity contribution in [3.8, 4) is 12.0 Å². The number of amides is 4. The smallest absolute Gasteiger partial charge is 0.333 e. The summed E-state index contributed by atoms with van der Waals surface area (Å²) in [4.78, 5) is 40.2. The van der Waals surface area contributed by atoms with Crippen molar-refractivity contribution in [2.75, 3.05) is 31.5 Å². The number of nitrogens with two attached hydrogens (primary N) is 1. The second-order valence-corrected chi connectivity index (χ2v) is 19.6.